The van der Waals surface area contributed by atoms with E-state index in [-0.39, 0.29) is 22.8 Å². The lowest BCUT2D eigenvalue weighted by Gasteiger charge is -2.26. The Morgan fingerprint density at radius 1 is 1.06 bits per heavy atom. The molecule has 0 spiro atoms. The molecule has 3 rings (SSSR count). The van der Waals surface area contributed by atoms with Crippen molar-refractivity contribution < 1.29 is 37.0 Å². The summed E-state index contributed by atoms with van der Waals surface area (Å²) < 4.78 is 48.5. The minimum Gasteiger partial charge on any atom is -0.486 e. The fourth-order valence-electron chi connectivity index (χ4n) is 3.07. The van der Waals surface area contributed by atoms with Crippen molar-refractivity contribution in [1.29, 1.82) is 0 Å². The highest BCUT2D eigenvalue weighted by atomic mass is 32.2. The van der Waals surface area contributed by atoms with Gasteiger partial charge in [0.25, 0.3) is 10.0 Å². The lowest BCUT2D eigenvalue weighted by Crippen LogP contribution is -2.37. The van der Waals surface area contributed by atoms with Gasteiger partial charge in [-0.25, -0.2) is 13.2 Å². The highest BCUT2D eigenvalue weighted by molar-refractivity contribution is 7.92. The Kier molecular flexibility index (Phi) is 6.69. The number of nitrogens with zero attached hydrogens (tertiary/aromatic N) is 1. The van der Waals surface area contributed by atoms with E-state index in [9.17, 15) is 18.0 Å². The number of aryl methyl sites for hydroxylation is 1. The number of methoxy groups -OCH3 is 1. The number of benzene rings is 2. The molecule has 0 saturated heterocycles. The fourth-order valence-corrected chi connectivity index (χ4v) is 4.56. The first-order chi connectivity index (χ1) is 14.8. The van der Waals surface area contributed by atoms with Gasteiger partial charge in [0.1, 0.15) is 19.8 Å². The molecule has 0 N–H and O–H groups in total. The van der Waals surface area contributed by atoms with Gasteiger partial charge in [-0.1, -0.05) is 0 Å². The Morgan fingerprint density at radius 3 is 2.42 bits per heavy atom. The maximum Gasteiger partial charge on any atom is 0.338 e. The van der Waals surface area contributed by atoms with Gasteiger partial charge in [0.15, 0.2) is 11.5 Å². The van der Waals surface area contributed by atoms with Crippen LogP contribution in [-0.2, 0) is 24.3 Å². The van der Waals surface area contributed by atoms with Crippen LogP contribution in [0.25, 0.3) is 0 Å². The first kappa shape index (κ1) is 22.4. The summed E-state index contributed by atoms with van der Waals surface area (Å²) in [5, 5.41) is 0. The van der Waals surface area contributed by atoms with Crippen LogP contribution in [0.4, 0.5) is 5.69 Å². The summed E-state index contributed by atoms with van der Waals surface area (Å²) in [6.07, 6.45) is 0. The Balaban J connectivity index is 2.05. The van der Waals surface area contributed by atoms with Crippen LogP contribution in [0.3, 0.4) is 0 Å². The molecule has 0 saturated carbocycles. The molecule has 1 aliphatic heterocycles. The summed E-state index contributed by atoms with van der Waals surface area (Å²) in [6, 6.07) is 8.67. The van der Waals surface area contributed by atoms with Crippen molar-refractivity contribution in [2.75, 3.05) is 37.8 Å². The minimum absolute atomic E-state index is 0.0745. The number of anilines is 1. The zero-order chi connectivity index (χ0) is 22.6. The van der Waals surface area contributed by atoms with Gasteiger partial charge in [-0.15, -0.1) is 0 Å². The van der Waals surface area contributed by atoms with Crippen LogP contribution in [0.15, 0.2) is 41.3 Å². The molecule has 31 heavy (non-hydrogen) atoms. The maximum atomic E-state index is 13.5. The Bertz CT molecular complexity index is 1100. The van der Waals surface area contributed by atoms with Crippen molar-refractivity contribution in [2.24, 2.45) is 0 Å². The molecule has 0 atom stereocenters. The van der Waals surface area contributed by atoms with Crippen LogP contribution < -0.4 is 13.8 Å². The fraction of sp³-hybridized carbons (Fsp3) is 0.333. The van der Waals surface area contributed by atoms with Gasteiger partial charge in [0.05, 0.1) is 29.9 Å². The second kappa shape index (κ2) is 9.25. The van der Waals surface area contributed by atoms with Gasteiger partial charge in [0, 0.05) is 6.07 Å². The summed E-state index contributed by atoms with van der Waals surface area (Å²) in [5.74, 6) is -0.513. The predicted octanol–water partition coefficient (Wildman–Crippen LogP) is 2.31. The van der Waals surface area contributed by atoms with Crippen molar-refractivity contribution >= 4 is 27.6 Å². The summed E-state index contributed by atoms with van der Waals surface area (Å²) in [6.45, 7) is 3.68. The van der Waals surface area contributed by atoms with Crippen LogP contribution in [-0.4, -0.2) is 53.8 Å². The largest absolute Gasteiger partial charge is 0.486 e. The normalized spacial score (nSPS) is 12.7. The molecule has 0 aromatic heterocycles. The lowest BCUT2D eigenvalue weighted by molar-refractivity contribution is -0.138. The number of carbonyl (C=O) groups is 2. The van der Waals surface area contributed by atoms with Crippen molar-refractivity contribution in [3.63, 3.8) is 0 Å². The van der Waals surface area contributed by atoms with Crippen molar-refractivity contribution in [2.45, 2.75) is 18.7 Å². The second-order valence-corrected chi connectivity index (χ2v) is 8.48. The zero-order valence-electron chi connectivity index (χ0n) is 17.4. The molecular formula is C21H23NO8S. The van der Waals surface area contributed by atoms with Gasteiger partial charge >= 0.3 is 11.9 Å². The number of rotatable bonds is 7. The number of sulfonamides is 1. The Morgan fingerprint density at radius 2 is 1.77 bits per heavy atom. The predicted molar refractivity (Wildman–Crippen MR) is 111 cm³/mol. The molecule has 1 aliphatic rings. The average molecular weight is 449 g/mol. The third kappa shape index (κ3) is 4.74. The molecule has 0 radical (unpaired) electrons. The van der Waals surface area contributed by atoms with E-state index in [2.05, 4.69) is 0 Å². The molecule has 9 nitrogen and oxygen atoms in total. The Labute approximate surface area is 180 Å². The first-order valence-electron chi connectivity index (χ1n) is 9.55. The van der Waals surface area contributed by atoms with Crippen LogP contribution in [0.5, 0.6) is 11.5 Å². The molecule has 0 fully saturated rings. The smallest absolute Gasteiger partial charge is 0.338 e. The highest BCUT2D eigenvalue weighted by Gasteiger charge is 2.30. The molecule has 1 heterocycles. The number of hydrogen-bond acceptors (Lipinski definition) is 8. The topological polar surface area (TPSA) is 108 Å². The quantitative estimate of drug-likeness (QED) is 0.593. The first-order valence-corrected chi connectivity index (χ1v) is 11.0. The van der Waals surface area contributed by atoms with Crippen molar-refractivity contribution in [1.82, 2.24) is 0 Å². The molecule has 0 bridgehead atoms. The SMILES string of the molecule is CCOC(=O)c1ccc(N(CC(=O)OC)S(=O)(=O)c2ccc3c(c2)OCCO3)c(C)c1. The minimum atomic E-state index is -4.18. The van der Waals surface area contributed by atoms with E-state index in [1.165, 1.54) is 43.5 Å². The third-order valence-corrected chi connectivity index (χ3v) is 6.33. The molecular weight excluding hydrogens is 426 g/mol. The summed E-state index contributed by atoms with van der Waals surface area (Å²) in [4.78, 5) is 24.0. The molecule has 2 aromatic rings. The zero-order valence-corrected chi connectivity index (χ0v) is 18.2. The van der Waals surface area contributed by atoms with E-state index in [1.54, 1.807) is 13.8 Å². The molecule has 2 aromatic carbocycles. The average Bonchev–Trinajstić information content (AvgIpc) is 2.77. The van der Waals surface area contributed by atoms with Crippen LogP contribution in [0.1, 0.15) is 22.8 Å². The standard InChI is InChI=1S/C21H23NO8S/c1-4-28-21(24)15-5-7-17(14(2)11-15)22(13-20(23)27-3)31(25,26)16-6-8-18-19(12-16)30-10-9-29-18/h5-8,11-12H,4,9-10,13H2,1-3H3. The van der Waals surface area contributed by atoms with E-state index in [0.717, 1.165) is 4.31 Å². The Hall–Kier alpha value is -3.27. The van der Waals surface area contributed by atoms with Gasteiger partial charge in [0.2, 0.25) is 0 Å². The van der Waals surface area contributed by atoms with Crippen molar-refractivity contribution in [3.8, 4) is 11.5 Å². The monoisotopic (exact) mass is 449 g/mol. The van der Waals surface area contributed by atoms with Gasteiger partial charge in [-0.3, -0.25) is 9.10 Å². The number of hydrogen-bond donors (Lipinski definition) is 0. The van der Waals surface area contributed by atoms with Crippen LogP contribution in [0, 0.1) is 6.92 Å². The number of carbonyl (C=O) groups excluding carboxylic acids is 2. The molecule has 166 valence electrons. The molecule has 0 aliphatic carbocycles. The highest BCUT2D eigenvalue weighted by Crippen LogP contribution is 2.35. The van der Waals surface area contributed by atoms with Gasteiger partial charge in [-0.05, 0) is 49.7 Å². The van der Waals surface area contributed by atoms with Crippen molar-refractivity contribution in [3.05, 3.63) is 47.5 Å². The van der Waals surface area contributed by atoms with E-state index >= 15 is 0 Å². The van der Waals surface area contributed by atoms with Crippen LogP contribution >= 0.6 is 0 Å². The summed E-state index contributed by atoms with van der Waals surface area (Å²) in [7, 11) is -3.00. The van der Waals surface area contributed by atoms with Gasteiger partial charge in [-0.2, -0.15) is 0 Å². The van der Waals surface area contributed by atoms with E-state index in [0.29, 0.717) is 30.3 Å². The van der Waals surface area contributed by atoms with E-state index in [1.807, 2.05) is 0 Å². The summed E-state index contributed by atoms with van der Waals surface area (Å²) in [5.41, 5.74) is 0.974. The second-order valence-electron chi connectivity index (χ2n) is 6.62. The van der Waals surface area contributed by atoms with Gasteiger partial charge < -0.3 is 18.9 Å². The third-order valence-electron chi connectivity index (χ3n) is 4.58. The number of fused-ring (bicyclic) bond motifs is 1. The molecule has 0 unspecified atom stereocenters. The van der Waals surface area contributed by atoms with E-state index < -0.39 is 28.5 Å². The molecule has 0 amide bonds. The van der Waals surface area contributed by atoms with E-state index in [4.69, 9.17) is 18.9 Å². The summed E-state index contributed by atoms with van der Waals surface area (Å²) >= 11 is 0. The lowest BCUT2D eigenvalue weighted by atomic mass is 10.1. The van der Waals surface area contributed by atoms with Crippen LogP contribution in [0.2, 0.25) is 0 Å². The number of esters is 2. The molecule has 10 heteroatoms. The number of ether oxygens (including phenoxy) is 4. The maximum absolute atomic E-state index is 13.5.